The minimum absolute atomic E-state index is 0.491. The molecule has 0 bridgehead atoms. The van der Waals surface area contributed by atoms with E-state index in [0.717, 1.165) is 74.3 Å². The van der Waals surface area contributed by atoms with Gasteiger partial charge in [-0.15, -0.1) is 0 Å². The van der Waals surface area contributed by atoms with Crippen molar-refractivity contribution in [3.63, 3.8) is 0 Å². The number of nitrogens with zero attached hydrogens (tertiary/aromatic N) is 3. The van der Waals surface area contributed by atoms with Gasteiger partial charge in [0.2, 0.25) is 0 Å². The molecule has 0 saturated carbocycles. The summed E-state index contributed by atoms with van der Waals surface area (Å²) in [5.41, 5.74) is 3.24. The highest BCUT2D eigenvalue weighted by molar-refractivity contribution is 5.90. The highest BCUT2D eigenvalue weighted by Crippen LogP contribution is 2.21. The van der Waals surface area contributed by atoms with E-state index in [1.165, 1.54) is 23.2 Å². The van der Waals surface area contributed by atoms with Crippen molar-refractivity contribution >= 4 is 28.5 Å². The molecule has 2 aromatic heterocycles. The average molecular weight is 494 g/mol. The Kier molecular flexibility index (Phi) is 9.40. The van der Waals surface area contributed by atoms with Crippen LogP contribution in [-0.4, -0.2) is 72.0 Å². The van der Waals surface area contributed by atoms with E-state index in [2.05, 4.69) is 32.7 Å². The maximum atomic E-state index is 12.0. The number of aromatic nitrogens is 3. The fourth-order valence-corrected chi connectivity index (χ4v) is 4.70. The number of unbranched alkanes of at least 4 members (excludes halogenated alkanes) is 1. The topological polar surface area (TPSA) is 114 Å². The van der Waals surface area contributed by atoms with Gasteiger partial charge in [-0.3, -0.25) is 0 Å². The molecule has 1 aliphatic heterocycles. The molecule has 36 heavy (non-hydrogen) atoms. The van der Waals surface area contributed by atoms with Crippen molar-refractivity contribution in [3.05, 3.63) is 54.0 Å². The second-order valence-electron chi connectivity index (χ2n) is 9.35. The number of carboxylic acid groups (broad SMARTS) is 1. The number of quaternary nitrogens is 1. The van der Waals surface area contributed by atoms with Crippen molar-refractivity contribution in [2.24, 2.45) is 0 Å². The first-order valence-electron chi connectivity index (χ1n) is 12.9. The Balaban J connectivity index is 1.29. The smallest absolute Gasteiger partial charge is 0.326 e. The second kappa shape index (κ2) is 13.1. The molecule has 0 radical (unpaired) electrons. The summed E-state index contributed by atoms with van der Waals surface area (Å²) >= 11 is 0. The molecule has 4 rings (SSSR count). The first kappa shape index (κ1) is 25.8. The molecule has 0 aliphatic carbocycles. The number of pyridine rings is 1. The third-order valence-corrected chi connectivity index (χ3v) is 6.76. The predicted molar refractivity (Wildman–Crippen MR) is 141 cm³/mol. The van der Waals surface area contributed by atoms with Crippen molar-refractivity contribution in [1.82, 2.24) is 15.0 Å². The molecular weight excluding hydrogens is 456 g/mol. The van der Waals surface area contributed by atoms with Gasteiger partial charge in [-0.1, -0.05) is 18.2 Å². The first-order valence-corrected chi connectivity index (χ1v) is 12.9. The number of carbonyl (C=O) groups is 1. The maximum Gasteiger partial charge on any atom is 0.326 e. The lowest BCUT2D eigenvalue weighted by molar-refractivity contribution is -0.900. The first-order chi connectivity index (χ1) is 17.6. The van der Waals surface area contributed by atoms with Crippen LogP contribution in [0.15, 0.2) is 42.7 Å². The molecule has 2 atom stereocenters. The van der Waals surface area contributed by atoms with Gasteiger partial charge in [0.25, 0.3) is 0 Å². The minimum Gasteiger partial charge on any atom is -0.480 e. The highest BCUT2D eigenvalue weighted by Gasteiger charge is 2.22. The summed E-state index contributed by atoms with van der Waals surface area (Å²) in [6, 6.07) is 11.2. The second-order valence-corrected chi connectivity index (χ2v) is 9.35. The van der Waals surface area contributed by atoms with E-state index in [4.69, 9.17) is 9.72 Å². The summed E-state index contributed by atoms with van der Waals surface area (Å²) in [6.07, 6.45) is 7.28. The average Bonchev–Trinajstić information content (AvgIpc) is 2.91. The SMILES string of the molecule is COCC[NH+](CCCCc1ccc2c(n1)NCCC2)CC[C@H](Nc1ncnc2ccccc12)C(=O)O. The number of para-hydroxylation sites is 1. The predicted octanol–water partition coefficient (Wildman–Crippen LogP) is 2.19. The Morgan fingerprint density at radius 1 is 1.17 bits per heavy atom. The lowest BCUT2D eigenvalue weighted by Crippen LogP contribution is -3.12. The molecule has 1 unspecified atom stereocenters. The van der Waals surface area contributed by atoms with Crippen molar-refractivity contribution in [1.29, 1.82) is 0 Å². The Morgan fingerprint density at radius 3 is 2.92 bits per heavy atom. The Morgan fingerprint density at radius 2 is 2.06 bits per heavy atom. The largest absolute Gasteiger partial charge is 0.480 e. The van der Waals surface area contributed by atoms with Crippen LogP contribution >= 0.6 is 0 Å². The molecule has 3 aromatic rings. The number of fused-ring (bicyclic) bond motifs is 2. The fraction of sp³-hybridized carbons (Fsp3) is 0.481. The molecule has 192 valence electrons. The lowest BCUT2D eigenvalue weighted by Gasteiger charge is -2.22. The van der Waals surface area contributed by atoms with E-state index in [9.17, 15) is 9.90 Å². The van der Waals surface area contributed by atoms with Crippen molar-refractivity contribution < 1.29 is 19.5 Å². The third-order valence-electron chi connectivity index (χ3n) is 6.76. The number of hydrogen-bond acceptors (Lipinski definition) is 7. The quantitative estimate of drug-likeness (QED) is 0.253. The van der Waals surface area contributed by atoms with Gasteiger partial charge < -0.3 is 25.4 Å². The van der Waals surface area contributed by atoms with Crippen LogP contribution in [0.1, 0.15) is 36.9 Å². The van der Waals surface area contributed by atoms with Crippen molar-refractivity contribution in [3.8, 4) is 0 Å². The molecular formula is C27H37N6O3+. The summed E-state index contributed by atoms with van der Waals surface area (Å²) in [6.45, 7) is 4.20. The van der Waals surface area contributed by atoms with Crippen LogP contribution in [0.3, 0.4) is 0 Å². The molecule has 4 N–H and O–H groups in total. The Bertz CT molecular complexity index is 1140. The summed E-state index contributed by atoms with van der Waals surface area (Å²) < 4.78 is 5.31. The van der Waals surface area contributed by atoms with E-state index in [1.54, 1.807) is 7.11 Å². The van der Waals surface area contributed by atoms with Gasteiger partial charge in [0.15, 0.2) is 0 Å². The van der Waals surface area contributed by atoms with Crippen LogP contribution in [0.4, 0.5) is 11.6 Å². The summed E-state index contributed by atoms with van der Waals surface area (Å²) in [5.74, 6) is 0.726. The van der Waals surface area contributed by atoms with Gasteiger partial charge in [-0.25, -0.2) is 19.7 Å². The van der Waals surface area contributed by atoms with Crippen LogP contribution < -0.4 is 15.5 Å². The van der Waals surface area contributed by atoms with Crippen LogP contribution in [0.25, 0.3) is 10.9 Å². The Labute approximate surface area is 212 Å². The summed E-state index contributed by atoms with van der Waals surface area (Å²) in [7, 11) is 1.70. The summed E-state index contributed by atoms with van der Waals surface area (Å²) in [5, 5.41) is 17.2. The van der Waals surface area contributed by atoms with E-state index in [1.807, 2.05) is 24.3 Å². The number of aliphatic carboxylic acids is 1. The molecule has 0 saturated heterocycles. The standard InChI is InChI=1S/C27H36N6O3/c1-36-18-17-33(15-5-4-8-21-12-11-20-7-6-14-28-25(20)31-21)16-13-24(27(34)35)32-26-22-9-2-3-10-23(22)29-19-30-26/h2-3,9-12,19,24H,4-8,13-18H2,1H3,(H,28,31)(H,34,35)(H,29,30,32)/p+1/t24-/m0/s1. The van der Waals surface area contributed by atoms with Crippen LogP contribution in [0.5, 0.6) is 0 Å². The van der Waals surface area contributed by atoms with Gasteiger partial charge in [0, 0.05) is 31.2 Å². The van der Waals surface area contributed by atoms with Crippen LogP contribution in [-0.2, 0) is 22.4 Å². The zero-order chi connectivity index (χ0) is 25.2. The number of hydrogen-bond donors (Lipinski definition) is 4. The van der Waals surface area contributed by atoms with Crippen LogP contribution in [0, 0.1) is 0 Å². The van der Waals surface area contributed by atoms with E-state index < -0.39 is 12.0 Å². The minimum atomic E-state index is -0.879. The van der Waals surface area contributed by atoms with E-state index in [0.29, 0.717) is 18.8 Å². The number of rotatable bonds is 14. The zero-order valence-electron chi connectivity index (χ0n) is 21.0. The van der Waals surface area contributed by atoms with E-state index >= 15 is 0 Å². The van der Waals surface area contributed by atoms with Gasteiger partial charge in [0.05, 0.1) is 25.2 Å². The number of ether oxygens (including phenoxy) is 1. The lowest BCUT2D eigenvalue weighted by atomic mass is 10.1. The molecule has 0 amide bonds. The van der Waals surface area contributed by atoms with Crippen molar-refractivity contribution in [2.45, 2.75) is 44.6 Å². The molecule has 9 nitrogen and oxygen atoms in total. The number of aryl methyl sites for hydroxylation is 2. The molecule has 1 aromatic carbocycles. The van der Waals surface area contributed by atoms with Gasteiger partial charge in [-0.2, -0.15) is 0 Å². The molecule has 0 spiro atoms. The molecule has 9 heteroatoms. The normalized spacial score (nSPS) is 14.6. The fourth-order valence-electron chi connectivity index (χ4n) is 4.70. The zero-order valence-corrected chi connectivity index (χ0v) is 21.0. The van der Waals surface area contributed by atoms with Crippen LogP contribution in [0.2, 0.25) is 0 Å². The number of anilines is 2. The molecule has 1 aliphatic rings. The van der Waals surface area contributed by atoms with Gasteiger partial charge >= 0.3 is 5.97 Å². The third kappa shape index (κ3) is 7.11. The van der Waals surface area contributed by atoms with E-state index in [-0.39, 0.29) is 0 Å². The van der Waals surface area contributed by atoms with Gasteiger partial charge in [0.1, 0.15) is 30.5 Å². The molecule has 3 heterocycles. The monoisotopic (exact) mass is 493 g/mol. The Hall–Kier alpha value is -3.30. The summed E-state index contributed by atoms with van der Waals surface area (Å²) in [4.78, 5) is 26.7. The molecule has 0 fully saturated rings. The maximum absolute atomic E-state index is 12.0. The number of methoxy groups -OCH3 is 1. The van der Waals surface area contributed by atoms with Crippen molar-refractivity contribution in [2.75, 3.05) is 50.5 Å². The number of benzene rings is 1. The number of carboxylic acids is 1. The number of nitrogens with one attached hydrogen (secondary N) is 3. The highest BCUT2D eigenvalue weighted by atomic mass is 16.5. The van der Waals surface area contributed by atoms with Gasteiger partial charge in [-0.05, 0) is 55.9 Å².